The summed E-state index contributed by atoms with van der Waals surface area (Å²) in [4.78, 5) is 11.9. The molecule has 0 aromatic heterocycles. The van der Waals surface area contributed by atoms with Crippen molar-refractivity contribution in [1.29, 1.82) is 0 Å². The Morgan fingerprint density at radius 1 is 1.21 bits per heavy atom. The molecule has 0 saturated carbocycles. The fraction of sp³-hybridized carbons (Fsp3) is 0.632. The first-order valence-corrected chi connectivity index (χ1v) is 9.24. The number of epoxide rings is 1. The zero-order valence-electron chi connectivity index (χ0n) is 14.4. The second-order valence-electron chi connectivity index (χ2n) is 6.24. The minimum atomic E-state index is -0.620. The molecule has 0 spiro atoms. The van der Waals surface area contributed by atoms with Crippen LogP contribution in [0.5, 0.6) is 5.75 Å². The predicted molar refractivity (Wildman–Crippen MR) is 94.6 cm³/mol. The van der Waals surface area contributed by atoms with Gasteiger partial charge in [0, 0.05) is 5.02 Å². The largest absolute Gasteiger partial charge is 0.494 e. The Morgan fingerprint density at radius 2 is 1.96 bits per heavy atom. The number of hydrogen-bond donors (Lipinski definition) is 0. The SMILES string of the molecule is CCCOC(=O)C1(CCCCCCCOc2cccc(Cl)c2)CO1. The lowest BCUT2D eigenvalue weighted by Crippen LogP contribution is -2.27. The normalized spacial score (nSPS) is 19.1. The average molecular weight is 355 g/mol. The Hall–Kier alpha value is -1.26. The Labute approximate surface area is 149 Å². The summed E-state index contributed by atoms with van der Waals surface area (Å²) < 4.78 is 16.2. The molecule has 1 aromatic rings. The number of ether oxygens (including phenoxy) is 3. The van der Waals surface area contributed by atoms with Gasteiger partial charge in [0.2, 0.25) is 0 Å². The van der Waals surface area contributed by atoms with E-state index in [0.29, 0.717) is 24.8 Å². The van der Waals surface area contributed by atoms with Crippen molar-refractivity contribution in [2.45, 2.75) is 57.5 Å². The van der Waals surface area contributed by atoms with E-state index < -0.39 is 5.60 Å². The summed E-state index contributed by atoms with van der Waals surface area (Å²) >= 11 is 5.91. The zero-order valence-corrected chi connectivity index (χ0v) is 15.1. The number of carbonyl (C=O) groups excluding carboxylic acids is 1. The van der Waals surface area contributed by atoms with E-state index in [0.717, 1.165) is 50.7 Å². The Kier molecular flexibility index (Phi) is 7.86. The Balaban J connectivity index is 1.48. The van der Waals surface area contributed by atoms with Crippen LogP contribution >= 0.6 is 11.6 Å². The topological polar surface area (TPSA) is 48.1 Å². The number of benzene rings is 1. The highest BCUT2D eigenvalue weighted by molar-refractivity contribution is 6.30. The minimum absolute atomic E-state index is 0.181. The first-order valence-electron chi connectivity index (χ1n) is 8.86. The van der Waals surface area contributed by atoms with Crippen molar-refractivity contribution in [3.8, 4) is 5.75 Å². The molecule has 24 heavy (non-hydrogen) atoms. The molecule has 1 heterocycles. The molecule has 1 atom stereocenters. The van der Waals surface area contributed by atoms with Crippen molar-refractivity contribution in [3.05, 3.63) is 29.3 Å². The zero-order chi connectivity index (χ0) is 17.3. The van der Waals surface area contributed by atoms with Crippen molar-refractivity contribution in [3.63, 3.8) is 0 Å². The van der Waals surface area contributed by atoms with E-state index in [-0.39, 0.29) is 5.97 Å². The van der Waals surface area contributed by atoms with Gasteiger partial charge in [-0.2, -0.15) is 0 Å². The lowest BCUT2D eigenvalue weighted by atomic mass is 10.0. The van der Waals surface area contributed by atoms with Gasteiger partial charge >= 0.3 is 5.97 Å². The summed E-state index contributed by atoms with van der Waals surface area (Å²) in [5.41, 5.74) is -0.620. The fourth-order valence-electron chi connectivity index (χ4n) is 2.57. The maximum absolute atomic E-state index is 11.9. The monoisotopic (exact) mass is 354 g/mol. The van der Waals surface area contributed by atoms with Crippen LogP contribution in [0.15, 0.2) is 24.3 Å². The van der Waals surface area contributed by atoms with Crippen molar-refractivity contribution < 1.29 is 19.0 Å². The molecule has 134 valence electrons. The molecule has 0 amide bonds. The summed E-state index contributed by atoms with van der Waals surface area (Å²) in [6.07, 6.45) is 6.99. The van der Waals surface area contributed by atoms with Crippen LogP contribution in [0.4, 0.5) is 0 Å². The lowest BCUT2D eigenvalue weighted by Gasteiger charge is -2.11. The summed E-state index contributed by atoms with van der Waals surface area (Å²) in [5.74, 6) is 0.639. The number of esters is 1. The van der Waals surface area contributed by atoms with Gasteiger partial charge in [-0.1, -0.05) is 43.9 Å². The van der Waals surface area contributed by atoms with Crippen molar-refractivity contribution >= 4 is 17.6 Å². The molecule has 1 aromatic carbocycles. The maximum Gasteiger partial charge on any atom is 0.340 e. The van der Waals surface area contributed by atoms with Gasteiger partial charge in [0.1, 0.15) is 5.75 Å². The molecule has 0 aliphatic carbocycles. The quantitative estimate of drug-likeness (QED) is 0.308. The third-order valence-electron chi connectivity index (χ3n) is 4.09. The third kappa shape index (κ3) is 6.33. The number of carbonyl (C=O) groups is 1. The van der Waals surface area contributed by atoms with Crippen molar-refractivity contribution in [2.75, 3.05) is 19.8 Å². The molecule has 4 nitrogen and oxygen atoms in total. The van der Waals surface area contributed by atoms with E-state index in [1.165, 1.54) is 0 Å². The van der Waals surface area contributed by atoms with E-state index in [9.17, 15) is 4.79 Å². The first kappa shape index (κ1) is 19.1. The second-order valence-corrected chi connectivity index (χ2v) is 6.68. The first-order chi connectivity index (χ1) is 11.7. The van der Waals surface area contributed by atoms with Crippen LogP contribution < -0.4 is 4.74 Å². The van der Waals surface area contributed by atoms with Crippen molar-refractivity contribution in [2.24, 2.45) is 0 Å². The number of rotatable bonds is 12. The van der Waals surface area contributed by atoms with E-state index in [4.69, 9.17) is 25.8 Å². The summed E-state index contributed by atoms with van der Waals surface area (Å²) in [6.45, 7) is 3.69. The van der Waals surface area contributed by atoms with Gasteiger partial charge in [0.05, 0.1) is 19.8 Å². The molecule has 1 saturated heterocycles. The Bertz CT molecular complexity index is 514. The average Bonchev–Trinajstić information content (AvgIpc) is 3.36. The summed E-state index contributed by atoms with van der Waals surface area (Å²) in [6, 6.07) is 7.47. The van der Waals surface area contributed by atoms with Crippen LogP contribution in [-0.2, 0) is 14.3 Å². The van der Waals surface area contributed by atoms with Crippen LogP contribution in [0.3, 0.4) is 0 Å². The minimum Gasteiger partial charge on any atom is -0.494 e. The van der Waals surface area contributed by atoms with Crippen molar-refractivity contribution in [1.82, 2.24) is 0 Å². The van der Waals surface area contributed by atoms with Crippen LogP contribution in [0.25, 0.3) is 0 Å². The lowest BCUT2D eigenvalue weighted by molar-refractivity contribution is -0.150. The Morgan fingerprint density at radius 3 is 2.67 bits per heavy atom. The summed E-state index contributed by atoms with van der Waals surface area (Å²) in [5, 5.41) is 0.696. The predicted octanol–water partition coefficient (Wildman–Crippen LogP) is 4.78. The molecule has 0 N–H and O–H groups in total. The molecule has 1 aliphatic heterocycles. The number of unbranched alkanes of at least 4 members (excludes halogenated alkanes) is 4. The van der Waals surface area contributed by atoms with E-state index in [2.05, 4.69) is 0 Å². The van der Waals surface area contributed by atoms with Gasteiger partial charge < -0.3 is 14.2 Å². The number of halogens is 1. The van der Waals surface area contributed by atoms with Gasteiger partial charge in [-0.3, -0.25) is 0 Å². The third-order valence-corrected chi connectivity index (χ3v) is 4.33. The van der Waals surface area contributed by atoms with Gasteiger partial charge in [0.25, 0.3) is 0 Å². The van der Waals surface area contributed by atoms with Gasteiger partial charge in [-0.25, -0.2) is 4.79 Å². The fourth-order valence-corrected chi connectivity index (χ4v) is 2.75. The van der Waals surface area contributed by atoms with Gasteiger partial charge in [-0.05, 0) is 43.9 Å². The molecule has 0 bridgehead atoms. The molecule has 1 aliphatic rings. The van der Waals surface area contributed by atoms with Crippen LogP contribution in [0.2, 0.25) is 5.02 Å². The molecular formula is C19H27ClO4. The number of hydrogen-bond acceptors (Lipinski definition) is 4. The highest BCUT2D eigenvalue weighted by Gasteiger charge is 2.52. The molecule has 2 rings (SSSR count). The second kappa shape index (κ2) is 9.90. The molecular weight excluding hydrogens is 328 g/mol. The van der Waals surface area contributed by atoms with E-state index in [1.807, 2.05) is 31.2 Å². The smallest absolute Gasteiger partial charge is 0.340 e. The van der Waals surface area contributed by atoms with E-state index >= 15 is 0 Å². The molecule has 5 heteroatoms. The van der Waals surface area contributed by atoms with Gasteiger partial charge in [0.15, 0.2) is 5.60 Å². The highest BCUT2D eigenvalue weighted by Crippen LogP contribution is 2.34. The highest BCUT2D eigenvalue weighted by atomic mass is 35.5. The molecule has 0 radical (unpaired) electrons. The standard InChI is InChI=1S/C19H27ClO4/c1-2-12-23-18(21)19(15-24-19)11-6-4-3-5-7-13-22-17-10-8-9-16(20)14-17/h8-10,14H,2-7,11-13,15H2,1H3. The summed E-state index contributed by atoms with van der Waals surface area (Å²) in [7, 11) is 0. The van der Waals surface area contributed by atoms with Crippen LogP contribution in [0, 0.1) is 0 Å². The van der Waals surface area contributed by atoms with Crippen LogP contribution in [-0.4, -0.2) is 31.4 Å². The van der Waals surface area contributed by atoms with Gasteiger partial charge in [-0.15, -0.1) is 0 Å². The van der Waals surface area contributed by atoms with Crippen LogP contribution in [0.1, 0.15) is 51.9 Å². The van der Waals surface area contributed by atoms with E-state index in [1.54, 1.807) is 0 Å². The maximum atomic E-state index is 11.9. The molecule has 1 unspecified atom stereocenters. The molecule has 1 fully saturated rings.